The monoisotopic (exact) mass is 380 g/mol. The van der Waals surface area contributed by atoms with E-state index in [1.165, 1.54) is 11.3 Å². The molecule has 1 unspecified atom stereocenters. The predicted molar refractivity (Wildman–Crippen MR) is 105 cm³/mol. The van der Waals surface area contributed by atoms with Crippen molar-refractivity contribution in [3.63, 3.8) is 0 Å². The largest absolute Gasteiger partial charge is 0.462 e. The number of rotatable bonds is 7. The van der Waals surface area contributed by atoms with Crippen molar-refractivity contribution in [3.05, 3.63) is 81.9 Å². The summed E-state index contributed by atoms with van der Waals surface area (Å²) < 4.78 is 10.9. The second-order valence-electron chi connectivity index (χ2n) is 5.91. The van der Waals surface area contributed by atoms with Gasteiger partial charge in [-0.15, -0.1) is 11.3 Å². The highest BCUT2D eigenvalue weighted by Crippen LogP contribution is 2.18. The smallest absolute Gasteiger partial charge is 0.338 e. The second-order valence-corrected chi connectivity index (χ2v) is 6.86. The summed E-state index contributed by atoms with van der Waals surface area (Å²) in [5, 5.41) is 12.0. The minimum Gasteiger partial charge on any atom is -0.462 e. The lowest BCUT2D eigenvalue weighted by Crippen LogP contribution is -2.06. The van der Waals surface area contributed by atoms with Gasteiger partial charge in [0.1, 0.15) is 11.5 Å². The average Bonchev–Trinajstić information content (AvgIpc) is 3.38. The molecule has 0 saturated carbocycles. The zero-order chi connectivity index (χ0) is 18.9. The maximum atomic E-state index is 11.8. The summed E-state index contributed by atoms with van der Waals surface area (Å²) in [5.74, 6) is 6.64. The van der Waals surface area contributed by atoms with Crippen LogP contribution in [0.5, 0.6) is 0 Å². The van der Waals surface area contributed by atoms with Gasteiger partial charge in [-0.05, 0) is 48.6 Å². The number of carbonyl (C=O) groups is 1. The van der Waals surface area contributed by atoms with Crippen molar-refractivity contribution in [1.29, 1.82) is 0 Å². The van der Waals surface area contributed by atoms with Crippen LogP contribution < -0.4 is 0 Å². The SMILES string of the molecule is O=C(OCCCCc1ccc(C(O)C#Cc2cccs2)o1)c1ccccc1. The fraction of sp³-hybridized carbons (Fsp3) is 0.227. The number of hydrogen-bond donors (Lipinski definition) is 1. The van der Waals surface area contributed by atoms with E-state index in [-0.39, 0.29) is 5.97 Å². The molecule has 0 bridgehead atoms. The van der Waals surface area contributed by atoms with Gasteiger partial charge in [0.2, 0.25) is 0 Å². The Morgan fingerprint density at radius 3 is 2.74 bits per heavy atom. The van der Waals surface area contributed by atoms with Crippen molar-refractivity contribution in [2.45, 2.75) is 25.4 Å². The van der Waals surface area contributed by atoms with Crippen LogP contribution in [0.2, 0.25) is 0 Å². The van der Waals surface area contributed by atoms with Crippen LogP contribution in [0.3, 0.4) is 0 Å². The molecule has 138 valence electrons. The predicted octanol–water partition coefficient (Wildman–Crippen LogP) is 4.61. The first kappa shape index (κ1) is 19.0. The maximum Gasteiger partial charge on any atom is 0.338 e. The third-order valence-electron chi connectivity index (χ3n) is 3.87. The molecule has 0 radical (unpaired) electrons. The van der Waals surface area contributed by atoms with Gasteiger partial charge in [0, 0.05) is 6.42 Å². The minimum absolute atomic E-state index is 0.302. The molecule has 4 nitrogen and oxygen atoms in total. The van der Waals surface area contributed by atoms with E-state index in [1.807, 2.05) is 41.8 Å². The first-order valence-electron chi connectivity index (χ1n) is 8.76. The minimum atomic E-state index is -0.937. The fourth-order valence-corrected chi connectivity index (χ4v) is 3.04. The van der Waals surface area contributed by atoms with Crippen LogP contribution in [0.15, 0.2) is 64.4 Å². The van der Waals surface area contributed by atoms with Crippen LogP contribution in [0, 0.1) is 11.8 Å². The molecule has 2 aromatic heterocycles. The molecule has 27 heavy (non-hydrogen) atoms. The molecule has 3 rings (SSSR count). The summed E-state index contributed by atoms with van der Waals surface area (Å²) in [5.41, 5.74) is 0.561. The van der Waals surface area contributed by atoms with E-state index in [0.29, 0.717) is 24.4 Å². The summed E-state index contributed by atoms with van der Waals surface area (Å²) in [6.45, 7) is 0.371. The molecule has 0 saturated heterocycles. The number of aliphatic hydroxyl groups is 1. The first-order chi connectivity index (χ1) is 13.2. The van der Waals surface area contributed by atoms with Gasteiger partial charge in [-0.3, -0.25) is 0 Å². The molecule has 0 amide bonds. The lowest BCUT2D eigenvalue weighted by Gasteiger charge is -2.04. The molecule has 0 aliphatic heterocycles. The highest BCUT2D eigenvalue weighted by atomic mass is 32.1. The summed E-state index contributed by atoms with van der Waals surface area (Å²) in [6.07, 6.45) is 1.35. The maximum absolute atomic E-state index is 11.8. The lowest BCUT2D eigenvalue weighted by atomic mass is 10.2. The van der Waals surface area contributed by atoms with E-state index in [4.69, 9.17) is 9.15 Å². The molecule has 1 aromatic carbocycles. The van der Waals surface area contributed by atoms with E-state index in [9.17, 15) is 9.90 Å². The van der Waals surface area contributed by atoms with Crippen LogP contribution in [0.4, 0.5) is 0 Å². The second kappa shape index (κ2) is 9.77. The summed E-state index contributed by atoms with van der Waals surface area (Å²) in [6, 6.07) is 16.4. The standard InChI is InChI=1S/C22H20O4S/c23-20(13-12-19-10-6-16-27-19)21-14-11-18(26-21)9-4-5-15-25-22(24)17-7-2-1-3-8-17/h1-3,6-8,10-11,14,16,20,23H,4-5,9,15H2. The summed E-state index contributed by atoms with van der Waals surface area (Å²) >= 11 is 1.53. The number of aliphatic hydroxyl groups excluding tert-OH is 1. The van der Waals surface area contributed by atoms with Crippen molar-refractivity contribution in [2.24, 2.45) is 0 Å². The van der Waals surface area contributed by atoms with E-state index < -0.39 is 6.10 Å². The van der Waals surface area contributed by atoms with Crippen molar-refractivity contribution in [1.82, 2.24) is 0 Å². The normalized spacial score (nSPS) is 11.4. The van der Waals surface area contributed by atoms with E-state index in [0.717, 1.165) is 23.5 Å². The van der Waals surface area contributed by atoms with Gasteiger partial charge in [0.25, 0.3) is 0 Å². The van der Waals surface area contributed by atoms with Gasteiger partial charge in [-0.1, -0.05) is 36.1 Å². The van der Waals surface area contributed by atoms with Crippen molar-refractivity contribution < 1.29 is 19.1 Å². The average molecular weight is 380 g/mol. The molecule has 0 spiro atoms. The van der Waals surface area contributed by atoms with Crippen molar-refractivity contribution in [3.8, 4) is 11.8 Å². The van der Waals surface area contributed by atoms with Crippen LogP contribution in [-0.4, -0.2) is 17.7 Å². The zero-order valence-corrected chi connectivity index (χ0v) is 15.6. The van der Waals surface area contributed by atoms with Crippen molar-refractivity contribution >= 4 is 17.3 Å². The fourth-order valence-electron chi connectivity index (χ4n) is 2.46. The highest BCUT2D eigenvalue weighted by Gasteiger charge is 2.10. The van der Waals surface area contributed by atoms with E-state index in [1.54, 1.807) is 18.2 Å². The third-order valence-corrected chi connectivity index (χ3v) is 4.65. The third kappa shape index (κ3) is 5.85. The van der Waals surface area contributed by atoms with Crippen LogP contribution in [-0.2, 0) is 11.2 Å². The number of benzene rings is 1. The number of carbonyl (C=O) groups excluding carboxylic acids is 1. The molecular weight excluding hydrogens is 360 g/mol. The molecule has 0 aliphatic rings. The number of thiophene rings is 1. The van der Waals surface area contributed by atoms with Gasteiger partial charge < -0.3 is 14.3 Å². The molecule has 0 fully saturated rings. The Balaban J connectivity index is 1.39. The molecule has 3 aromatic rings. The molecule has 1 N–H and O–H groups in total. The first-order valence-corrected chi connectivity index (χ1v) is 9.64. The van der Waals surface area contributed by atoms with Crippen LogP contribution in [0.1, 0.15) is 45.7 Å². The number of unbranched alkanes of at least 4 members (excludes halogenated alkanes) is 1. The molecule has 5 heteroatoms. The van der Waals surface area contributed by atoms with Gasteiger partial charge in [0.15, 0.2) is 6.10 Å². The molecular formula is C22H20O4S. The molecule has 0 aliphatic carbocycles. The molecule has 1 atom stereocenters. The highest BCUT2D eigenvalue weighted by molar-refractivity contribution is 7.10. The number of hydrogen-bond acceptors (Lipinski definition) is 5. The number of furan rings is 1. The van der Waals surface area contributed by atoms with Crippen LogP contribution in [0.25, 0.3) is 0 Å². The Morgan fingerprint density at radius 1 is 1.11 bits per heavy atom. The van der Waals surface area contributed by atoms with Gasteiger partial charge in [0.05, 0.1) is 17.0 Å². The van der Waals surface area contributed by atoms with Gasteiger partial charge >= 0.3 is 5.97 Å². The zero-order valence-electron chi connectivity index (χ0n) is 14.8. The van der Waals surface area contributed by atoms with Crippen LogP contribution >= 0.6 is 11.3 Å². The Morgan fingerprint density at radius 2 is 1.96 bits per heavy atom. The Hall–Kier alpha value is -2.81. The summed E-state index contributed by atoms with van der Waals surface area (Å²) in [7, 11) is 0. The Labute approximate surface area is 162 Å². The number of ether oxygens (including phenoxy) is 1. The number of esters is 1. The van der Waals surface area contributed by atoms with Gasteiger partial charge in [-0.25, -0.2) is 4.79 Å². The van der Waals surface area contributed by atoms with Gasteiger partial charge in [-0.2, -0.15) is 0 Å². The Kier molecular flexibility index (Phi) is 6.86. The number of aryl methyl sites for hydroxylation is 1. The summed E-state index contributed by atoms with van der Waals surface area (Å²) in [4.78, 5) is 12.7. The van der Waals surface area contributed by atoms with E-state index >= 15 is 0 Å². The molecule has 2 heterocycles. The van der Waals surface area contributed by atoms with E-state index in [2.05, 4.69) is 11.8 Å². The quantitative estimate of drug-likeness (QED) is 0.369. The van der Waals surface area contributed by atoms with Crippen molar-refractivity contribution in [2.75, 3.05) is 6.61 Å². The lowest BCUT2D eigenvalue weighted by molar-refractivity contribution is 0.0498. The Bertz CT molecular complexity index is 901. The topological polar surface area (TPSA) is 59.7 Å².